The second-order valence-corrected chi connectivity index (χ2v) is 5.64. The molecule has 0 heterocycles. The van der Waals surface area contributed by atoms with Crippen molar-refractivity contribution in [2.45, 2.75) is 33.2 Å². The molecule has 4 heteroatoms. The maximum Gasteiger partial charge on any atom is 0.321 e. The molecule has 0 aliphatic heterocycles. The van der Waals surface area contributed by atoms with Crippen LogP contribution in [-0.4, -0.2) is 22.5 Å². The van der Waals surface area contributed by atoms with Gasteiger partial charge in [0.1, 0.15) is 0 Å². The van der Waals surface area contributed by atoms with E-state index in [-0.39, 0.29) is 0 Å². The molecule has 0 fully saturated rings. The minimum absolute atomic E-state index is 0.802. The van der Waals surface area contributed by atoms with E-state index in [1.54, 1.807) is 0 Å². The molecule has 0 unspecified atom stereocenters. The summed E-state index contributed by atoms with van der Waals surface area (Å²) < 4.78 is 10.9. The van der Waals surface area contributed by atoms with Crippen molar-refractivity contribution < 1.29 is 8.85 Å². The van der Waals surface area contributed by atoms with Crippen molar-refractivity contribution >= 4 is 15.0 Å². The Morgan fingerprint density at radius 1 is 1.00 bits per heavy atom. The van der Waals surface area contributed by atoms with E-state index in [1.165, 1.54) is 6.42 Å². The van der Waals surface area contributed by atoms with Crippen LogP contribution in [0.2, 0.25) is 6.04 Å². The molecule has 17 heavy (non-hydrogen) atoms. The van der Waals surface area contributed by atoms with E-state index < -0.39 is 9.28 Å². The summed E-state index contributed by atoms with van der Waals surface area (Å²) in [7, 11) is -1.23. The fraction of sp³-hybridized carbons (Fsp3) is 0.538. The summed E-state index contributed by atoms with van der Waals surface area (Å²) in [4.78, 5) is 0. The first-order valence-electron chi connectivity index (χ1n) is 6.28. The molecule has 0 saturated carbocycles. The van der Waals surface area contributed by atoms with E-state index in [0.29, 0.717) is 0 Å². The predicted molar refractivity (Wildman–Crippen MR) is 76.4 cm³/mol. The van der Waals surface area contributed by atoms with Crippen molar-refractivity contribution in [1.82, 2.24) is 0 Å². The fourth-order valence-electron chi connectivity index (χ4n) is 1.28. The van der Waals surface area contributed by atoms with E-state index in [0.717, 1.165) is 24.9 Å². The molecule has 0 spiro atoms. The number of rotatable bonds is 6. The summed E-state index contributed by atoms with van der Waals surface area (Å²) in [6.45, 7) is 7.81. The van der Waals surface area contributed by atoms with Crippen molar-refractivity contribution in [3.05, 3.63) is 30.3 Å². The van der Waals surface area contributed by atoms with Gasteiger partial charge in [0.25, 0.3) is 0 Å². The second kappa shape index (κ2) is 11.6. The van der Waals surface area contributed by atoms with Crippen LogP contribution in [0.25, 0.3) is 0 Å². The van der Waals surface area contributed by atoms with Crippen LogP contribution in [0.3, 0.4) is 0 Å². The van der Waals surface area contributed by atoms with E-state index >= 15 is 0 Å². The van der Waals surface area contributed by atoms with E-state index in [9.17, 15) is 0 Å². The summed E-state index contributed by atoms with van der Waals surface area (Å²) in [5.74, 6) is 0. The third kappa shape index (κ3) is 10.1. The Balaban J connectivity index is 0.000000318. The summed E-state index contributed by atoms with van der Waals surface area (Å²) >= 11 is 0. The molecular formula is C13H25NO2Si. The summed E-state index contributed by atoms with van der Waals surface area (Å²) in [5.41, 5.74) is 6.18. The van der Waals surface area contributed by atoms with Gasteiger partial charge < -0.3 is 14.6 Å². The number of anilines is 1. The number of benzene rings is 1. The first-order chi connectivity index (χ1) is 8.24. The van der Waals surface area contributed by atoms with E-state index in [1.807, 2.05) is 44.2 Å². The smallest absolute Gasteiger partial charge is 0.321 e. The van der Waals surface area contributed by atoms with Crippen LogP contribution >= 0.6 is 0 Å². The van der Waals surface area contributed by atoms with Gasteiger partial charge in [0.05, 0.1) is 0 Å². The first-order valence-corrected chi connectivity index (χ1v) is 8.04. The number of nitrogen functional groups attached to an aromatic ring is 1. The van der Waals surface area contributed by atoms with Gasteiger partial charge in [0.15, 0.2) is 0 Å². The molecule has 1 aromatic rings. The second-order valence-electron chi connectivity index (χ2n) is 3.54. The molecule has 3 nitrogen and oxygen atoms in total. The van der Waals surface area contributed by atoms with Crippen LogP contribution < -0.4 is 5.73 Å². The largest absolute Gasteiger partial charge is 0.399 e. The van der Waals surface area contributed by atoms with Crippen molar-refractivity contribution in [3.63, 3.8) is 0 Å². The zero-order valence-corrected chi connectivity index (χ0v) is 12.3. The number of para-hydroxylation sites is 1. The normalized spacial score (nSPS) is 9.88. The minimum Gasteiger partial charge on any atom is -0.399 e. The van der Waals surface area contributed by atoms with E-state index in [2.05, 4.69) is 6.92 Å². The number of nitrogens with two attached hydrogens (primary N) is 1. The number of hydrogen-bond donors (Lipinski definition) is 1. The average molecular weight is 255 g/mol. The highest BCUT2D eigenvalue weighted by Crippen LogP contribution is 2.00. The molecule has 0 amide bonds. The lowest BCUT2D eigenvalue weighted by atomic mass is 10.3. The fourth-order valence-corrected chi connectivity index (χ4v) is 2.92. The molecule has 0 saturated heterocycles. The molecular weight excluding hydrogens is 230 g/mol. The predicted octanol–water partition coefficient (Wildman–Crippen LogP) is 2.96. The van der Waals surface area contributed by atoms with E-state index in [4.69, 9.17) is 14.6 Å². The summed E-state index contributed by atoms with van der Waals surface area (Å²) in [6.07, 6.45) is 1.18. The lowest BCUT2D eigenvalue weighted by Gasteiger charge is -2.12. The summed E-state index contributed by atoms with van der Waals surface area (Å²) in [5, 5.41) is 0. The SMILES string of the molecule is CCC[SiH](OCC)OCC.Nc1ccccc1. The molecule has 0 aliphatic carbocycles. The van der Waals surface area contributed by atoms with Crippen LogP contribution in [0, 0.1) is 0 Å². The topological polar surface area (TPSA) is 44.5 Å². The van der Waals surface area contributed by atoms with Crippen molar-refractivity contribution in [2.24, 2.45) is 0 Å². The summed E-state index contributed by atoms with van der Waals surface area (Å²) in [6, 6.07) is 10.6. The number of hydrogen-bond acceptors (Lipinski definition) is 3. The van der Waals surface area contributed by atoms with Crippen LogP contribution in [0.15, 0.2) is 30.3 Å². The van der Waals surface area contributed by atoms with Crippen LogP contribution in [0.5, 0.6) is 0 Å². The van der Waals surface area contributed by atoms with Crippen LogP contribution in [0.1, 0.15) is 27.2 Å². The molecule has 2 N–H and O–H groups in total. The zero-order valence-electron chi connectivity index (χ0n) is 11.2. The zero-order chi connectivity index (χ0) is 12.9. The maximum absolute atomic E-state index is 5.44. The van der Waals surface area contributed by atoms with Gasteiger partial charge in [-0.15, -0.1) is 0 Å². The Bertz CT molecular complexity index is 243. The van der Waals surface area contributed by atoms with Crippen LogP contribution in [0.4, 0.5) is 5.69 Å². The molecule has 1 aromatic carbocycles. The molecule has 1 rings (SSSR count). The lowest BCUT2D eigenvalue weighted by molar-refractivity contribution is 0.213. The van der Waals surface area contributed by atoms with Gasteiger partial charge in [-0.1, -0.05) is 31.5 Å². The molecule has 0 aliphatic rings. The third-order valence-electron chi connectivity index (χ3n) is 2.03. The van der Waals surface area contributed by atoms with Gasteiger partial charge in [0.2, 0.25) is 0 Å². The molecule has 0 aromatic heterocycles. The van der Waals surface area contributed by atoms with Crippen molar-refractivity contribution in [3.8, 4) is 0 Å². The Morgan fingerprint density at radius 2 is 1.53 bits per heavy atom. The van der Waals surface area contributed by atoms with Gasteiger partial charge >= 0.3 is 9.28 Å². The Kier molecular flexibility index (Phi) is 11.1. The average Bonchev–Trinajstić information content (AvgIpc) is 2.32. The quantitative estimate of drug-likeness (QED) is 0.628. The first kappa shape index (κ1) is 16.2. The third-order valence-corrected chi connectivity index (χ3v) is 4.49. The highest BCUT2D eigenvalue weighted by atomic mass is 28.3. The monoisotopic (exact) mass is 255 g/mol. The minimum atomic E-state index is -1.23. The Hall–Kier alpha value is -0.843. The van der Waals surface area contributed by atoms with Crippen LogP contribution in [-0.2, 0) is 8.85 Å². The van der Waals surface area contributed by atoms with Gasteiger partial charge in [0, 0.05) is 18.9 Å². The molecule has 0 atom stereocenters. The Labute approximate surface area is 107 Å². The van der Waals surface area contributed by atoms with Gasteiger partial charge in [-0.05, 0) is 32.0 Å². The highest BCUT2D eigenvalue weighted by Gasteiger charge is 2.08. The highest BCUT2D eigenvalue weighted by molar-refractivity contribution is 6.44. The molecule has 0 bridgehead atoms. The molecule has 98 valence electrons. The Morgan fingerprint density at radius 3 is 1.82 bits per heavy atom. The van der Waals surface area contributed by atoms with Gasteiger partial charge in [-0.25, -0.2) is 0 Å². The van der Waals surface area contributed by atoms with Gasteiger partial charge in [-0.3, -0.25) is 0 Å². The lowest BCUT2D eigenvalue weighted by Crippen LogP contribution is -2.22. The maximum atomic E-state index is 5.44. The van der Waals surface area contributed by atoms with Gasteiger partial charge in [-0.2, -0.15) is 0 Å². The standard InChI is InChI=1S/C7H18O2Si.C6H7N/c1-4-7-10(8-5-2)9-6-3;7-6-4-2-1-3-5-6/h10H,4-7H2,1-3H3;1-5H,7H2. The van der Waals surface area contributed by atoms with Crippen molar-refractivity contribution in [1.29, 1.82) is 0 Å². The van der Waals surface area contributed by atoms with Crippen molar-refractivity contribution in [2.75, 3.05) is 18.9 Å². The molecule has 0 radical (unpaired) electrons.